The number of nitrogen functional groups attached to an aromatic ring is 1. The van der Waals surface area contributed by atoms with Gasteiger partial charge in [-0.2, -0.15) is 0 Å². The van der Waals surface area contributed by atoms with E-state index in [1.807, 2.05) is 12.1 Å². The molecule has 1 rings (SSSR count). The van der Waals surface area contributed by atoms with Crippen LogP contribution in [0.5, 0.6) is 0 Å². The molecule has 1 unspecified atom stereocenters. The highest BCUT2D eigenvalue weighted by atomic mass is 16.3. The first kappa shape index (κ1) is 12.8. The third-order valence-electron chi connectivity index (χ3n) is 2.79. The van der Waals surface area contributed by atoms with Gasteiger partial charge in [-0.15, -0.1) is 0 Å². The lowest BCUT2D eigenvalue weighted by Crippen LogP contribution is -2.08. The molecule has 1 aromatic carbocycles. The third kappa shape index (κ3) is 3.74. The minimum atomic E-state index is 0.270. The summed E-state index contributed by atoms with van der Waals surface area (Å²) in [4.78, 5) is 0. The Labute approximate surface area is 97.7 Å². The Kier molecular flexibility index (Phi) is 5.12. The van der Waals surface area contributed by atoms with Gasteiger partial charge < -0.3 is 16.2 Å². The maximum Gasteiger partial charge on any atom is 0.0603 e. The Morgan fingerprint density at radius 2 is 2.19 bits per heavy atom. The largest absolute Gasteiger partial charge is 0.397 e. The first-order valence-electron chi connectivity index (χ1n) is 5.85. The fourth-order valence-corrected chi connectivity index (χ4v) is 1.69. The van der Waals surface area contributed by atoms with Crippen LogP contribution in [0.4, 0.5) is 11.4 Å². The third-order valence-corrected chi connectivity index (χ3v) is 2.79. The Hall–Kier alpha value is -1.22. The smallest absolute Gasteiger partial charge is 0.0603 e. The van der Waals surface area contributed by atoms with Crippen LogP contribution in [-0.4, -0.2) is 18.3 Å². The van der Waals surface area contributed by atoms with Crippen molar-refractivity contribution < 1.29 is 5.11 Å². The molecule has 0 aliphatic rings. The van der Waals surface area contributed by atoms with Gasteiger partial charge >= 0.3 is 0 Å². The van der Waals surface area contributed by atoms with Crippen molar-refractivity contribution in [3.05, 3.63) is 23.8 Å². The molecule has 4 N–H and O–H groups in total. The molecule has 0 heterocycles. The number of hydrogen-bond acceptors (Lipinski definition) is 3. The Balaban J connectivity index is 2.37. The van der Waals surface area contributed by atoms with E-state index in [1.54, 1.807) is 0 Å². The number of aryl methyl sites for hydroxylation is 1. The maximum atomic E-state index is 8.90. The fourth-order valence-electron chi connectivity index (χ4n) is 1.69. The molecule has 0 amide bonds. The summed E-state index contributed by atoms with van der Waals surface area (Å²) in [6.45, 7) is 5.28. The van der Waals surface area contributed by atoms with Gasteiger partial charge in [-0.3, -0.25) is 0 Å². The second-order valence-electron chi connectivity index (χ2n) is 4.40. The first-order valence-corrected chi connectivity index (χ1v) is 5.85. The van der Waals surface area contributed by atoms with Gasteiger partial charge in [0.2, 0.25) is 0 Å². The zero-order chi connectivity index (χ0) is 12.0. The van der Waals surface area contributed by atoms with Crippen molar-refractivity contribution in [2.75, 3.05) is 24.2 Å². The molecule has 0 aliphatic heterocycles. The van der Waals surface area contributed by atoms with Crippen LogP contribution in [0.1, 0.15) is 25.3 Å². The van der Waals surface area contributed by atoms with Crippen molar-refractivity contribution >= 4 is 11.4 Å². The highest BCUT2D eigenvalue weighted by Crippen LogP contribution is 2.22. The highest BCUT2D eigenvalue weighted by Gasteiger charge is 2.02. The van der Waals surface area contributed by atoms with Gasteiger partial charge in [-0.25, -0.2) is 0 Å². The van der Waals surface area contributed by atoms with E-state index in [1.165, 1.54) is 5.56 Å². The zero-order valence-corrected chi connectivity index (χ0v) is 10.2. The van der Waals surface area contributed by atoms with E-state index >= 15 is 0 Å². The molecule has 0 spiro atoms. The monoisotopic (exact) mass is 222 g/mol. The molecule has 0 aliphatic carbocycles. The molecular formula is C13H22N2O. The van der Waals surface area contributed by atoms with Gasteiger partial charge in [0.25, 0.3) is 0 Å². The van der Waals surface area contributed by atoms with E-state index in [4.69, 9.17) is 10.8 Å². The van der Waals surface area contributed by atoms with E-state index in [0.717, 1.165) is 30.8 Å². The summed E-state index contributed by atoms with van der Waals surface area (Å²) in [6, 6.07) is 5.92. The quantitative estimate of drug-likeness (QED) is 0.511. The SMILES string of the molecule is Cc1cccc(N)c1NCCCC(C)CO. The number of nitrogens with two attached hydrogens (primary N) is 1. The minimum absolute atomic E-state index is 0.270. The first-order chi connectivity index (χ1) is 7.65. The molecule has 0 radical (unpaired) electrons. The highest BCUT2D eigenvalue weighted by molar-refractivity contribution is 5.69. The van der Waals surface area contributed by atoms with E-state index < -0.39 is 0 Å². The van der Waals surface area contributed by atoms with Gasteiger partial charge in [0.1, 0.15) is 0 Å². The summed E-state index contributed by atoms with van der Waals surface area (Å²) in [5.41, 5.74) is 8.91. The zero-order valence-electron chi connectivity index (χ0n) is 10.2. The van der Waals surface area contributed by atoms with Crippen molar-refractivity contribution in [2.24, 2.45) is 5.92 Å². The summed E-state index contributed by atoms with van der Waals surface area (Å²) >= 11 is 0. The number of para-hydroxylation sites is 1. The normalized spacial score (nSPS) is 12.4. The second-order valence-corrected chi connectivity index (χ2v) is 4.40. The fraction of sp³-hybridized carbons (Fsp3) is 0.538. The van der Waals surface area contributed by atoms with Crippen molar-refractivity contribution in [3.63, 3.8) is 0 Å². The molecule has 90 valence electrons. The maximum absolute atomic E-state index is 8.90. The minimum Gasteiger partial charge on any atom is -0.397 e. The van der Waals surface area contributed by atoms with Crippen LogP contribution in [0.25, 0.3) is 0 Å². The topological polar surface area (TPSA) is 58.3 Å². The lowest BCUT2D eigenvalue weighted by atomic mass is 10.1. The van der Waals surface area contributed by atoms with Crippen molar-refractivity contribution in [1.82, 2.24) is 0 Å². The van der Waals surface area contributed by atoms with Crippen molar-refractivity contribution in [2.45, 2.75) is 26.7 Å². The van der Waals surface area contributed by atoms with E-state index in [-0.39, 0.29) is 6.61 Å². The van der Waals surface area contributed by atoms with E-state index in [9.17, 15) is 0 Å². The molecule has 0 saturated carbocycles. The molecule has 1 atom stereocenters. The molecule has 3 heteroatoms. The molecule has 0 aromatic heterocycles. The second kappa shape index (κ2) is 6.38. The predicted octanol–water partition coefficient (Wildman–Crippen LogP) is 2.40. The average Bonchev–Trinajstić information content (AvgIpc) is 2.27. The van der Waals surface area contributed by atoms with Gasteiger partial charge in [-0.05, 0) is 37.3 Å². The van der Waals surface area contributed by atoms with Crippen LogP contribution in [0.2, 0.25) is 0 Å². The Morgan fingerprint density at radius 3 is 2.81 bits per heavy atom. The van der Waals surface area contributed by atoms with Crippen LogP contribution in [0, 0.1) is 12.8 Å². The molecule has 0 fully saturated rings. The number of anilines is 2. The van der Waals surface area contributed by atoms with Crippen molar-refractivity contribution in [1.29, 1.82) is 0 Å². The summed E-state index contributed by atoms with van der Waals surface area (Å²) < 4.78 is 0. The molecule has 0 bridgehead atoms. The Morgan fingerprint density at radius 1 is 1.44 bits per heavy atom. The molecule has 0 saturated heterocycles. The lowest BCUT2D eigenvalue weighted by molar-refractivity contribution is 0.229. The molecule has 16 heavy (non-hydrogen) atoms. The summed E-state index contributed by atoms with van der Waals surface area (Å²) in [6.07, 6.45) is 2.09. The van der Waals surface area contributed by atoms with Crippen LogP contribution in [0.15, 0.2) is 18.2 Å². The van der Waals surface area contributed by atoms with Crippen LogP contribution < -0.4 is 11.1 Å². The van der Waals surface area contributed by atoms with Gasteiger partial charge in [0, 0.05) is 13.2 Å². The number of aliphatic hydroxyl groups excluding tert-OH is 1. The lowest BCUT2D eigenvalue weighted by Gasteiger charge is -2.13. The number of aliphatic hydroxyl groups is 1. The number of hydrogen-bond donors (Lipinski definition) is 3. The predicted molar refractivity (Wildman–Crippen MR) is 69.6 cm³/mol. The molecular weight excluding hydrogens is 200 g/mol. The van der Waals surface area contributed by atoms with Gasteiger partial charge in [-0.1, -0.05) is 19.1 Å². The number of rotatable bonds is 6. The summed E-state index contributed by atoms with van der Waals surface area (Å²) in [7, 11) is 0. The molecule has 3 nitrogen and oxygen atoms in total. The average molecular weight is 222 g/mol. The van der Waals surface area contributed by atoms with E-state index in [0.29, 0.717) is 5.92 Å². The Bertz CT molecular complexity index is 305. The summed E-state index contributed by atoms with van der Waals surface area (Å²) in [5, 5.41) is 12.3. The van der Waals surface area contributed by atoms with Crippen molar-refractivity contribution in [3.8, 4) is 0 Å². The van der Waals surface area contributed by atoms with Gasteiger partial charge in [0.15, 0.2) is 0 Å². The van der Waals surface area contributed by atoms with Gasteiger partial charge in [0.05, 0.1) is 11.4 Å². The standard InChI is InChI=1S/C13H22N2O/c1-10(9-16)5-4-8-15-13-11(2)6-3-7-12(13)14/h3,6-7,10,15-16H,4-5,8-9,14H2,1-2H3. The molecule has 1 aromatic rings. The van der Waals surface area contributed by atoms with Crippen LogP contribution in [-0.2, 0) is 0 Å². The van der Waals surface area contributed by atoms with E-state index in [2.05, 4.69) is 25.2 Å². The number of benzene rings is 1. The number of nitrogens with one attached hydrogen (secondary N) is 1. The summed E-state index contributed by atoms with van der Waals surface area (Å²) in [5.74, 6) is 0.385. The van der Waals surface area contributed by atoms with Crippen LogP contribution >= 0.6 is 0 Å². The van der Waals surface area contributed by atoms with Crippen LogP contribution in [0.3, 0.4) is 0 Å².